The average Bonchev–Trinajstić information content (AvgIpc) is 2.93. The van der Waals surface area contributed by atoms with Gasteiger partial charge in [0.2, 0.25) is 0 Å². The molecule has 0 unspecified atom stereocenters. The van der Waals surface area contributed by atoms with Crippen molar-refractivity contribution in [3.63, 3.8) is 0 Å². The van der Waals surface area contributed by atoms with Gasteiger partial charge in [0.1, 0.15) is 0 Å². The number of methoxy groups -OCH3 is 1. The molecule has 1 saturated heterocycles. The third-order valence-corrected chi connectivity index (χ3v) is 4.93. The second-order valence-corrected chi connectivity index (χ2v) is 6.84. The SMILES string of the molecule is CO[C@H]1C[C@@H](CN(C)C(=O)c2cc(Cl)cc3cccnc23)N(C)C1. The van der Waals surface area contributed by atoms with E-state index >= 15 is 0 Å². The summed E-state index contributed by atoms with van der Waals surface area (Å²) in [6, 6.07) is 7.58. The highest BCUT2D eigenvalue weighted by atomic mass is 35.5. The number of likely N-dealkylation sites (tertiary alicyclic amines) is 1. The Kier molecular flexibility index (Phi) is 5.04. The molecule has 2 heterocycles. The monoisotopic (exact) mass is 347 g/mol. The van der Waals surface area contributed by atoms with Crippen LogP contribution in [0.3, 0.4) is 0 Å². The van der Waals surface area contributed by atoms with Crippen molar-refractivity contribution in [2.45, 2.75) is 18.6 Å². The number of ether oxygens (including phenoxy) is 1. The third-order valence-electron chi connectivity index (χ3n) is 4.71. The van der Waals surface area contributed by atoms with Crippen LogP contribution in [-0.4, -0.2) is 67.1 Å². The van der Waals surface area contributed by atoms with Gasteiger partial charge in [-0.05, 0) is 31.7 Å². The van der Waals surface area contributed by atoms with Crippen LogP contribution in [0.1, 0.15) is 16.8 Å². The molecule has 24 heavy (non-hydrogen) atoms. The summed E-state index contributed by atoms with van der Waals surface area (Å²) < 4.78 is 5.44. The fourth-order valence-electron chi connectivity index (χ4n) is 3.34. The number of halogens is 1. The molecule has 5 nitrogen and oxygen atoms in total. The molecule has 1 fully saturated rings. The number of rotatable bonds is 4. The maximum Gasteiger partial charge on any atom is 0.255 e. The first-order valence-corrected chi connectivity index (χ1v) is 8.40. The topological polar surface area (TPSA) is 45.7 Å². The number of carbonyl (C=O) groups is 1. The maximum atomic E-state index is 12.9. The molecule has 0 aliphatic carbocycles. The Morgan fingerprint density at radius 3 is 3.00 bits per heavy atom. The zero-order chi connectivity index (χ0) is 17.3. The first kappa shape index (κ1) is 17.1. The van der Waals surface area contributed by atoms with Crippen LogP contribution in [0.5, 0.6) is 0 Å². The van der Waals surface area contributed by atoms with Crippen molar-refractivity contribution in [2.75, 3.05) is 34.3 Å². The maximum absolute atomic E-state index is 12.9. The van der Waals surface area contributed by atoms with Gasteiger partial charge in [0.15, 0.2) is 0 Å². The lowest BCUT2D eigenvalue weighted by atomic mass is 10.1. The summed E-state index contributed by atoms with van der Waals surface area (Å²) in [7, 11) is 5.63. The molecule has 0 N–H and O–H groups in total. The summed E-state index contributed by atoms with van der Waals surface area (Å²) in [5.74, 6) is -0.0598. The molecule has 128 valence electrons. The van der Waals surface area contributed by atoms with Crippen LogP contribution < -0.4 is 0 Å². The molecule has 0 saturated carbocycles. The Balaban J connectivity index is 1.81. The molecule has 2 aromatic rings. The van der Waals surface area contributed by atoms with E-state index in [4.69, 9.17) is 16.3 Å². The molecule has 1 aliphatic heterocycles. The van der Waals surface area contributed by atoms with Gasteiger partial charge >= 0.3 is 0 Å². The second-order valence-electron chi connectivity index (χ2n) is 6.40. The fraction of sp³-hybridized carbons (Fsp3) is 0.444. The lowest BCUT2D eigenvalue weighted by Crippen LogP contribution is -2.39. The first-order valence-electron chi connectivity index (χ1n) is 8.02. The van der Waals surface area contributed by atoms with Crippen LogP contribution in [0.15, 0.2) is 30.5 Å². The van der Waals surface area contributed by atoms with Gasteiger partial charge in [-0.1, -0.05) is 17.7 Å². The van der Waals surface area contributed by atoms with Crippen LogP contribution in [0.4, 0.5) is 0 Å². The Morgan fingerprint density at radius 2 is 2.29 bits per heavy atom. The van der Waals surface area contributed by atoms with Crippen molar-refractivity contribution < 1.29 is 9.53 Å². The summed E-state index contributed by atoms with van der Waals surface area (Å²) in [6.45, 7) is 1.54. The number of hydrogen-bond acceptors (Lipinski definition) is 4. The molecule has 6 heteroatoms. The van der Waals surface area contributed by atoms with E-state index in [0.29, 0.717) is 28.7 Å². The van der Waals surface area contributed by atoms with Gasteiger partial charge < -0.3 is 9.64 Å². The number of aromatic nitrogens is 1. The van der Waals surface area contributed by atoms with Gasteiger partial charge in [-0.25, -0.2) is 0 Å². The van der Waals surface area contributed by atoms with Crippen LogP contribution >= 0.6 is 11.6 Å². The van der Waals surface area contributed by atoms with Gasteiger partial charge in [-0.2, -0.15) is 0 Å². The standard InChI is InChI=1S/C18H22ClN3O2/c1-21-11-15(24-3)9-14(21)10-22(2)18(23)16-8-13(19)7-12-5-4-6-20-17(12)16/h4-8,14-15H,9-11H2,1-3H3/t14-,15-/m0/s1. The molecule has 1 amide bonds. The average molecular weight is 348 g/mol. The quantitative estimate of drug-likeness (QED) is 0.853. The van der Waals surface area contributed by atoms with Crippen molar-refractivity contribution in [3.05, 3.63) is 41.0 Å². The summed E-state index contributed by atoms with van der Waals surface area (Å²) >= 11 is 6.18. The molecule has 0 radical (unpaired) electrons. The van der Waals surface area contributed by atoms with E-state index < -0.39 is 0 Å². The number of hydrogen-bond donors (Lipinski definition) is 0. The molecule has 2 atom stereocenters. The Morgan fingerprint density at radius 1 is 1.50 bits per heavy atom. The zero-order valence-corrected chi connectivity index (χ0v) is 15.0. The van der Waals surface area contributed by atoms with Gasteiger partial charge in [0.25, 0.3) is 5.91 Å². The minimum Gasteiger partial charge on any atom is -0.380 e. The highest BCUT2D eigenvalue weighted by Crippen LogP contribution is 2.24. The third kappa shape index (κ3) is 3.38. The Bertz CT molecular complexity index is 752. The summed E-state index contributed by atoms with van der Waals surface area (Å²) in [4.78, 5) is 21.3. The smallest absolute Gasteiger partial charge is 0.255 e. The second kappa shape index (κ2) is 7.05. The van der Waals surface area contributed by atoms with Gasteiger partial charge in [0.05, 0.1) is 17.2 Å². The first-order chi connectivity index (χ1) is 11.5. The largest absolute Gasteiger partial charge is 0.380 e. The van der Waals surface area contributed by atoms with Crippen molar-refractivity contribution in [3.8, 4) is 0 Å². The van der Waals surface area contributed by atoms with Crippen molar-refractivity contribution in [1.29, 1.82) is 0 Å². The van der Waals surface area contributed by atoms with Gasteiger partial charge in [0, 0.05) is 49.9 Å². The van der Waals surface area contributed by atoms with Crippen molar-refractivity contribution in [1.82, 2.24) is 14.8 Å². The molecule has 0 bridgehead atoms. The van der Waals surface area contributed by atoms with E-state index in [1.54, 1.807) is 24.3 Å². The van der Waals surface area contributed by atoms with Crippen molar-refractivity contribution >= 4 is 28.4 Å². The van der Waals surface area contributed by atoms with E-state index in [1.807, 2.05) is 25.2 Å². The van der Waals surface area contributed by atoms with E-state index in [-0.39, 0.29) is 12.0 Å². The lowest BCUT2D eigenvalue weighted by molar-refractivity contribution is 0.0762. The number of fused-ring (bicyclic) bond motifs is 1. The highest BCUT2D eigenvalue weighted by Gasteiger charge is 2.31. The van der Waals surface area contributed by atoms with E-state index in [2.05, 4.69) is 16.9 Å². The Hall–Kier alpha value is -1.69. The van der Waals surface area contributed by atoms with Crippen molar-refractivity contribution in [2.24, 2.45) is 0 Å². The summed E-state index contributed by atoms with van der Waals surface area (Å²) in [5.41, 5.74) is 1.23. The van der Waals surface area contributed by atoms with Crippen LogP contribution in [0.25, 0.3) is 10.9 Å². The number of pyridine rings is 1. The zero-order valence-electron chi connectivity index (χ0n) is 14.2. The van der Waals surface area contributed by atoms with Crippen LogP contribution in [-0.2, 0) is 4.74 Å². The normalized spacial score (nSPS) is 21.3. The molecule has 1 aromatic carbocycles. The lowest BCUT2D eigenvalue weighted by Gasteiger charge is -2.26. The fourth-order valence-corrected chi connectivity index (χ4v) is 3.56. The molecule has 0 spiro atoms. The van der Waals surface area contributed by atoms with E-state index in [1.165, 1.54) is 0 Å². The Labute approximate surface area is 147 Å². The number of nitrogens with zero attached hydrogens (tertiary/aromatic N) is 3. The minimum absolute atomic E-state index is 0.0598. The number of benzene rings is 1. The predicted molar refractivity (Wildman–Crippen MR) is 95.5 cm³/mol. The molecular weight excluding hydrogens is 326 g/mol. The molecule has 3 rings (SSSR count). The van der Waals surface area contributed by atoms with Gasteiger partial charge in [-0.15, -0.1) is 0 Å². The highest BCUT2D eigenvalue weighted by molar-refractivity contribution is 6.32. The number of amides is 1. The van der Waals surface area contributed by atoms with Gasteiger partial charge in [-0.3, -0.25) is 14.7 Å². The molecule has 1 aliphatic rings. The van der Waals surface area contributed by atoms with E-state index in [0.717, 1.165) is 18.4 Å². The predicted octanol–water partition coefficient (Wildman–Crippen LogP) is 2.68. The van der Waals surface area contributed by atoms with E-state index in [9.17, 15) is 4.79 Å². The minimum atomic E-state index is -0.0598. The van der Waals surface area contributed by atoms with Crippen LogP contribution in [0, 0.1) is 0 Å². The number of carbonyl (C=O) groups excluding carboxylic acids is 1. The molecular formula is C18H22ClN3O2. The van der Waals surface area contributed by atoms with Crippen LogP contribution in [0.2, 0.25) is 5.02 Å². The number of likely N-dealkylation sites (N-methyl/N-ethyl adjacent to an activating group) is 2. The molecule has 1 aromatic heterocycles. The summed E-state index contributed by atoms with van der Waals surface area (Å²) in [6.07, 6.45) is 2.86. The summed E-state index contributed by atoms with van der Waals surface area (Å²) in [5, 5.41) is 1.42.